The van der Waals surface area contributed by atoms with E-state index >= 15 is 0 Å². The van der Waals surface area contributed by atoms with E-state index in [9.17, 15) is 4.79 Å². The number of hydrogen-bond donors (Lipinski definition) is 0. The first-order valence-electron chi connectivity index (χ1n) is 5.81. The monoisotopic (exact) mass is 300 g/mol. The first-order valence-corrected chi connectivity index (χ1v) is 6.72. The second kappa shape index (κ2) is 4.80. The van der Waals surface area contributed by atoms with Crippen LogP contribution in [0.1, 0.15) is 35.0 Å². The molecule has 1 amide bonds. The van der Waals surface area contributed by atoms with Gasteiger partial charge in [-0.3, -0.25) is 4.79 Å². The van der Waals surface area contributed by atoms with Crippen molar-refractivity contribution in [2.24, 2.45) is 5.92 Å². The summed E-state index contributed by atoms with van der Waals surface area (Å²) >= 11 is 3.56. The first-order chi connectivity index (χ1) is 7.97. The van der Waals surface area contributed by atoms with Crippen LogP contribution in [-0.2, 0) is 0 Å². The number of carbonyl (C=O) groups is 1. The van der Waals surface area contributed by atoms with Gasteiger partial charge in [0.2, 0.25) is 5.76 Å². The summed E-state index contributed by atoms with van der Waals surface area (Å²) in [5, 5.41) is 0. The fraction of sp³-hybridized carbons (Fsp3) is 0.667. The molecule has 5 heteroatoms. The number of carbonyl (C=O) groups excluding carboxylic acids is 1. The molecule has 0 bridgehead atoms. The van der Waals surface area contributed by atoms with Crippen molar-refractivity contribution in [2.45, 2.75) is 31.5 Å². The van der Waals surface area contributed by atoms with Crippen LogP contribution >= 0.6 is 15.9 Å². The molecule has 1 aliphatic carbocycles. The van der Waals surface area contributed by atoms with Gasteiger partial charge in [-0.05, 0) is 25.7 Å². The Morgan fingerprint density at radius 3 is 2.65 bits per heavy atom. The molecule has 4 nitrogen and oxygen atoms in total. The van der Waals surface area contributed by atoms with Gasteiger partial charge in [0.05, 0.1) is 5.69 Å². The van der Waals surface area contributed by atoms with E-state index in [2.05, 4.69) is 20.9 Å². The molecule has 0 N–H and O–H groups in total. The molecule has 0 saturated heterocycles. The molecule has 1 heterocycles. The Bertz CT molecular complexity index is 424. The molecule has 0 atom stereocenters. The van der Waals surface area contributed by atoms with E-state index in [0.717, 1.165) is 19.4 Å². The lowest BCUT2D eigenvalue weighted by molar-refractivity contribution is 0.0715. The summed E-state index contributed by atoms with van der Waals surface area (Å²) < 4.78 is 5.34. The summed E-state index contributed by atoms with van der Waals surface area (Å²) in [7, 11) is 1.82. The summed E-state index contributed by atoms with van der Waals surface area (Å²) in [6.45, 7) is 4.35. The number of rotatable bonds is 3. The molecule has 0 aromatic carbocycles. The molecule has 17 heavy (non-hydrogen) atoms. The maximum atomic E-state index is 12.1. The molecule has 0 radical (unpaired) electrons. The van der Waals surface area contributed by atoms with Gasteiger partial charge in [0.25, 0.3) is 5.91 Å². The van der Waals surface area contributed by atoms with Crippen molar-refractivity contribution in [1.82, 2.24) is 9.88 Å². The maximum Gasteiger partial charge on any atom is 0.291 e. The van der Waals surface area contributed by atoms with Crippen molar-refractivity contribution in [3.63, 3.8) is 0 Å². The Hall–Kier alpha value is -0.840. The maximum absolute atomic E-state index is 12.1. The predicted molar refractivity (Wildman–Crippen MR) is 68.4 cm³/mol. The molecule has 0 aliphatic heterocycles. The number of nitrogens with zero attached hydrogens (tertiary/aromatic N) is 2. The van der Waals surface area contributed by atoms with E-state index in [1.54, 1.807) is 18.7 Å². The van der Waals surface area contributed by atoms with Gasteiger partial charge in [0.15, 0.2) is 5.89 Å². The van der Waals surface area contributed by atoms with Crippen LogP contribution in [0.25, 0.3) is 0 Å². The summed E-state index contributed by atoms with van der Waals surface area (Å²) in [6, 6.07) is 0. The summed E-state index contributed by atoms with van der Waals surface area (Å²) in [4.78, 5) is 18.6. The summed E-state index contributed by atoms with van der Waals surface area (Å²) in [5.74, 6) is 1.46. The lowest BCUT2D eigenvalue weighted by Gasteiger charge is -2.34. The quantitative estimate of drug-likeness (QED) is 0.806. The van der Waals surface area contributed by atoms with E-state index in [0.29, 0.717) is 28.1 Å². The largest absolute Gasteiger partial charge is 0.436 e. The lowest BCUT2D eigenvalue weighted by Crippen LogP contribution is -2.37. The number of aryl methyl sites for hydroxylation is 2. The molecule has 1 aromatic rings. The van der Waals surface area contributed by atoms with Gasteiger partial charge in [-0.1, -0.05) is 15.9 Å². The zero-order chi connectivity index (χ0) is 12.6. The molecule has 1 aromatic heterocycles. The topological polar surface area (TPSA) is 46.3 Å². The molecule has 1 aliphatic rings. The minimum atomic E-state index is -0.0684. The van der Waals surface area contributed by atoms with Gasteiger partial charge in [-0.25, -0.2) is 4.98 Å². The van der Waals surface area contributed by atoms with E-state index < -0.39 is 0 Å². The van der Waals surface area contributed by atoms with E-state index in [4.69, 9.17) is 4.42 Å². The van der Waals surface area contributed by atoms with Crippen molar-refractivity contribution in [2.75, 3.05) is 13.6 Å². The molecule has 0 spiro atoms. The smallest absolute Gasteiger partial charge is 0.291 e. The van der Waals surface area contributed by atoms with Crippen molar-refractivity contribution in [3.05, 3.63) is 17.3 Å². The van der Waals surface area contributed by atoms with Crippen LogP contribution in [0.2, 0.25) is 0 Å². The molecular weight excluding hydrogens is 284 g/mol. The number of hydrogen-bond acceptors (Lipinski definition) is 3. The predicted octanol–water partition coefficient (Wildman–Crippen LogP) is 2.54. The van der Waals surface area contributed by atoms with Gasteiger partial charge in [-0.2, -0.15) is 0 Å². The fourth-order valence-corrected chi connectivity index (χ4v) is 3.23. The first kappa shape index (κ1) is 12.6. The Labute approximate surface area is 110 Å². The molecule has 1 fully saturated rings. The lowest BCUT2D eigenvalue weighted by atomic mass is 9.85. The third kappa shape index (κ3) is 2.70. The highest BCUT2D eigenvalue weighted by atomic mass is 79.9. The van der Waals surface area contributed by atoms with Crippen LogP contribution < -0.4 is 0 Å². The highest BCUT2D eigenvalue weighted by Gasteiger charge is 2.30. The van der Waals surface area contributed by atoms with Crippen LogP contribution in [0, 0.1) is 19.8 Å². The second-order valence-electron chi connectivity index (χ2n) is 4.77. The SMILES string of the molecule is Cc1nc(C)c(C(=O)N(C)CC2CC(Br)C2)o1. The number of alkyl halides is 1. The highest BCUT2D eigenvalue weighted by Crippen LogP contribution is 2.33. The van der Waals surface area contributed by atoms with Crippen LogP contribution in [0.3, 0.4) is 0 Å². The van der Waals surface area contributed by atoms with Gasteiger partial charge >= 0.3 is 0 Å². The van der Waals surface area contributed by atoms with Crippen LogP contribution in [0.5, 0.6) is 0 Å². The molecule has 1 saturated carbocycles. The van der Waals surface area contributed by atoms with Crippen LogP contribution in [0.4, 0.5) is 0 Å². The Morgan fingerprint density at radius 1 is 1.53 bits per heavy atom. The summed E-state index contributed by atoms with van der Waals surface area (Å²) in [5.41, 5.74) is 0.673. The Morgan fingerprint density at radius 2 is 2.18 bits per heavy atom. The molecule has 0 unspecified atom stereocenters. The zero-order valence-electron chi connectivity index (χ0n) is 10.4. The second-order valence-corrected chi connectivity index (χ2v) is 6.06. The number of oxazole rings is 1. The van der Waals surface area contributed by atoms with Crippen molar-refractivity contribution in [1.29, 1.82) is 0 Å². The number of aromatic nitrogens is 1. The van der Waals surface area contributed by atoms with Crippen molar-refractivity contribution >= 4 is 21.8 Å². The minimum Gasteiger partial charge on any atom is -0.436 e. The normalized spacial score (nSPS) is 23.3. The Balaban J connectivity index is 1.97. The standard InChI is InChI=1S/C12H17BrN2O2/c1-7-11(17-8(2)14-7)12(16)15(3)6-9-4-10(13)5-9/h9-10H,4-6H2,1-3H3. The fourth-order valence-electron chi connectivity index (χ4n) is 2.18. The van der Waals surface area contributed by atoms with E-state index in [1.165, 1.54) is 0 Å². The highest BCUT2D eigenvalue weighted by molar-refractivity contribution is 9.09. The molecular formula is C12H17BrN2O2. The van der Waals surface area contributed by atoms with Gasteiger partial charge in [0.1, 0.15) is 0 Å². The third-order valence-electron chi connectivity index (χ3n) is 3.15. The average molecular weight is 301 g/mol. The van der Waals surface area contributed by atoms with E-state index in [1.807, 2.05) is 7.05 Å². The van der Waals surface area contributed by atoms with Crippen molar-refractivity contribution < 1.29 is 9.21 Å². The average Bonchev–Trinajstić information content (AvgIpc) is 2.54. The Kier molecular flexibility index (Phi) is 3.56. The molecule has 2 rings (SSSR count). The summed E-state index contributed by atoms with van der Waals surface area (Å²) in [6.07, 6.45) is 2.29. The number of amides is 1. The third-order valence-corrected chi connectivity index (χ3v) is 3.90. The van der Waals surface area contributed by atoms with Gasteiger partial charge < -0.3 is 9.32 Å². The van der Waals surface area contributed by atoms with E-state index in [-0.39, 0.29) is 5.91 Å². The number of halogens is 1. The van der Waals surface area contributed by atoms with Crippen LogP contribution in [-0.4, -0.2) is 34.2 Å². The minimum absolute atomic E-state index is 0.0684. The molecule has 94 valence electrons. The zero-order valence-corrected chi connectivity index (χ0v) is 12.0. The van der Waals surface area contributed by atoms with Crippen molar-refractivity contribution in [3.8, 4) is 0 Å². The van der Waals surface area contributed by atoms with Crippen LogP contribution in [0.15, 0.2) is 4.42 Å². The van der Waals surface area contributed by atoms with Gasteiger partial charge in [-0.15, -0.1) is 0 Å². The van der Waals surface area contributed by atoms with Gasteiger partial charge in [0, 0.05) is 25.3 Å².